The molecule has 3 nitrogen and oxygen atoms in total. The maximum atomic E-state index is 13.3. The van der Waals surface area contributed by atoms with Gasteiger partial charge in [0.25, 0.3) is 0 Å². The lowest BCUT2D eigenvalue weighted by Crippen LogP contribution is -2.04. The molecule has 0 unspecified atom stereocenters. The Hall–Kier alpha value is -2.09. The number of terminal acetylenes is 1. The molecule has 0 aliphatic rings. The van der Waals surface area contributed by atoms with Crippen LogP contribution < -0.4 is 4.74 Å². The fourth-order valence-corrected chi connectivity index (χ4v) is 1.14. The van der Waals surface area contributed by atoms with E-state index in [9.17, 15) is 13.6 Å². The molecule has 0 spiro atoms. The van der Waals surface area contributed by atoms with E-state index in [1.54, 1.807) is 0 Å². The number of benzene rings is 1. The molecule has 84 valence electrons. The van der Waals surface area contributed by atoms with E-state index in [2.05, 4.69) is 10.7 Å². The van der Waals surface area contributed by atoms with Crippen LogP contribution in [0.1, 0.15) is 5.56 Å². The summed E-state index contributed by atoms with van der Waals surface area (Å²) in [6.45, 7) is -0.258. The molecule has 0 amide bonds. The van der Waals surface area contributed by atoms with Gasteiger partial charge in [-0.2, -0.15) is 0 Å². The zero-order valence-corrected chi connectivity index (χ0v) is 8.17. The van der Waals surface area contributed by atoms with Crippen LogP contribution in [0.2, 0.25) is 0 Å². The van der Waals surface area contributed by atoms with Gasteiger partial charge in [0.15, 0.2) is 17.4 Å². The zero-order valence-electron chi connectivity index (χ0n) is 8.17. The van der Waals surface area contributed by atoms with Gasteiger partial charge in [-0.15, -0.1) is 6.42 Å². The maximum Gasteiger partial charge on any atom is 0.307 e. The Bertz CT molecular complexity index is 426. The Kier molecular flexibility index (Phi) is 3.84. The third-order valence-corrected chi connectivity index (χ3v) is 1.71. The number of ether oxygens (including phenoxy) is 1. The third-order valence-electron chi connectivity index (χ3n) is 1.71. The van der Waals surface area contributed by atoms with Gasteiger partial charge in [-0.25, -0.2) is 8.78 Å². The number of halogens is 2. The van der Waals surface area contributed by atoms with Crippen LogP contribution in [0.5, 0.6) is 5.75 Å². The van der Waals surface area contributed by atoms with Gasteiger partial charge in [0.2, 0.25) is 0 Å². The lowest BCUT2D eigenvalue weighted by Gasteiger charge is -2.06. The Balaban J connectivity index is 2.98. The number of carbonyl (C=O) groups is 1. The van der Waals surface area contributed by atoms with Crippen molar-refractivity contribution in [3.8, 4) is 18.1 Å². The van der Waals surface area contributed by atoms with E-state index in [-0.39, 0.29) is 12.2 Å². The van der Waals surface area contributed by atoms with Crippen molar-refractivity contribution < 1.29 is 23.4 Å². The van der Waals surface area contributed by atoms with Crippen molar-refractivity contribution in [3.05, 3.63) is 29.3 Å². The summed E-state index contributed by atoms with van der Waals surface area (Å²) in [5.74, 6) is -1.63. The molecule has 0 atom stereocenters. The maximum absolute atomic E-state index is 13.3. The molecule has 1 aromatic carbocycles. The molecule has 5 heteroatoms. The molecule has 0 aliphatic heterocycles. The summed E-state index contributed by atoms with van der Waals surface area (Å²) in [5.41, 5.74) is 0.0237. The Morgan fingerprint density at radius 2 is 2.00 bits per heavy atom. The van der Waals surface area contributed by atoms with Gasteiger partial charge in [0, 0.05) is 0 Å². The highest BCUT2D eigenvalue weighted by Gasteiger charge is 2.13. The average molecular weight is 226 g/mol. The normalized spacial score (nSPS) is 9.56. The fourth-order valence-electron chi connectivity index (χ4n) is 1.14. The van der Waals surface area contributed by atoms with Crippen molar-refractivity contribution in [2.45, 2.75) is 6.42 Å². The van der Waals surface area contributed by atoms with Crippen molar-refractivity contribution in [1.29, 1.82) is 0 Å². The number of carboxylic acids is 1. The number of hydrogen-bond donors (Lipinski definition) is 1. The first kappa shape index (κ1) is 12.0. The van der Waals surface area contributed by atoms with E-state index in [4.69, 9.17) is 11.5 Å². The number of hydrogen-bond acceptors (Lipinski definition) is 2. The molecule has 1 aromatic rings. The minimum absolute atomic E-state index is 0.0237. The van der Waals surface area contributed by atoms with E-state index in [1.165, 1.54) is 0 Å². The minimum atomic E-state index is -1.17. The fraction of sp³-hybridized carbons (Fsp3) is 0.182. The van der Waals surface area contributed by atoms with Gasteiger partial charge in [-0.05, 0) is 17.7 Å². The molecule has 0 fully saturated rings. The summed E-state index contributed by atoms with van der Waals surface area (Å²) < 4.78 is 31.2. The molecule has 0 heterocycles. The zero-order chi connectivity index (χ0) is 12.1. The SMILES string of the molecule is C#CCOc1c(F)cc(CC(=O)O)cc1F. The van der Waals surface area contributed by atoms with Crippen LogP contribution in [0.25, 0.3) is 0 Å². The van der Waals surface area contributed by atoms with Gasteiger partial charge >= 0.3 is 5.97 Å². The molecule has 1 rings (SSSR count). The monoisotopic (exact) mass is 226 g/mol. The molecule has 16 heavy (non-hydrogen) atoms. The smallest absolute Gasteiger partial charge is 0.307 e. The first-order valence-electron chi connectivity index (χ1n) is 4.30. The van der Waals surface area contributed by atoms with Crippen LogP contribution in [0.3, 0.4) is 0 Å². The molecular weight excluding hydrogens is 218 g/mol. The van der Waals surface area contributed by atoms with Gasteiger partial charge < -0.3 is 9.84 Å². The lowest BCUT2D eigenvalue weighted by molar-refractivity contribution is -0.136. The van der Waals surface area contributed by atoms with E-state index in [0.717, 1.165) is 12.1 Å². The Morgan fingerprint density at radius 1 is 1.44 bits per heavy atom. The molecule has 1 N–H and O–H groups in total. The van der Waals surface area contributed by atoms with Crippen LogP contribution in [0, 0.1) is 24.0 Å². The lowest BCUT2D eigenvalue weighted by atomic mass is 10.1. The summed E-state index contributed by atoms with van der Waals surface area (Å²) >= 11 is 0. The van der Waals surface area contributed by atoms with Crippen LogP contribution in [-0.2, 0) is 11.2 Å². The summed E-state index contributed by atoms with van der Waals surface area (Å²) in [5, 5.41) is 8.46. The second-order valence-corrected chi connectivity index (χ2v) is 2.95. The molecular formula is C11H8F2O3. The van der Waals surface area contributed by atoms with Crippen molar-refractivity contribution in [2.75, 3.05) is 6.61 Å². The molecule has 0 saturated heterocycles. The summed E-state index contributed by atoms with van der Waals surface area (Å²) in [6, 6.07) is 1.81. The largest absolute Gasteiger partial charge is 0.481 e. The van der Waals surface area contributed by atoms with Crippen LogP contribution in [0.4, 0.5) is 8.78 Å². The highest BCUT2D eigenvalue weighted by atomic mass is 19.1. The predicted octanol–water partition coefficient (Wildman–Crippen LogP) is 1.60. The predicted molar refractivity (Wildman–Crippen MR) is 52.0 cm³/mol. The topological polar surface area (TPSA) is 46.5 Å². The third kappa shape index (κ3) is 2.95. The van der Waals surface area contributed by atoms with Gasteiger partial charge in [0.05, 0.1) is 6.42 Å². The van der Waals surface area contributed by atoms with E-state index < -0.39 is 29.8 Å². The second kappa shape index (κ2) is 5.12. The highest BCUT2D eigenvalue weighted by Crippen LogP contribution is 2.23. The Morgan fingerprint density at radius 3 is 2.44 bits per heavy atom. The van der Waals surface area contributed by atoms with Crippen molar-refractivity contribution in [3.63, 3.8) is 0 Å². The quantitative estimate of drug-likeness (QED) is 0.793. The van der Waals surface area contributed by atoms with Crippen molar-refractivity contribution in [1.82, 2.24) is 0 Å². The van der Waals surface area contributed by atoms with Crippen LogP contribution >= 0.6 is 0 Å². The second-order valence-electron chi connectivity index (χ2n) is 2.95. The average Bonchev–Trinajstić information content (AvgIpc) is 2.15. The van der Waals surface area contributed by atoms with E-state index >= 15 is 0 Å². The summed E-state index contributed by atoms with van der Waals surface area (Å²) in [6.07, 6.45) is 4.42. The van der Waals surface area contributed by atoms with E-state index in [0.29, 0.717) is 0 Å². The van der Waals surface area contributed by atoms with Gasteiger partial charge in [-0.1, -0.05) is 5.92 Å². The number of carboxylic acid groups (broad SMARTS) is 1. The molecule has 0 aliphatic carbocycles. The van der Waals surface area contributed by atoms with E-state index in [1.807, 2.05) is 0 Å². The summed E-state index contributed by atoms with van der Waals surface area (Å²) in [4.78, 5) is 10.3. The first-order valence-corrected chi connectivity index (χ1v) is 4.30. The van der Waals surface area contributed by atoms with Gasteiger partial charge in [0.1, 0.15) is 6.61 Å². The number of aliphatic carboxylic acids is 1. The Labute approximate surface area is 90.7 Å². The number of rotatable bonds is 4. The first-order chi connectivity index (χ1) is 7.54. The van der Waals surface area contributed by atoms with Crippen molar-refractivity contribution in [2.24, 2.45) is 0 Å². The molecule has 0 radical (unpaired) electrons. The molecule has 0 saturated carbocycles. The van der Waals surface area contributed by atoms with Crippen LogP contribution in [-0.4, -0.2) is 17.7 Å². The van der Waals surface area contributed by atoms with Gasteiger partial charge in [-0.3, -0.25) is 4.79 Å². The molecule has 0 bridgehead atoms. The highest BCUT2D eigenvalue weighted by molar-refractivity contribution is 5.70. The molecule has 0 aromatic heterocycles. The van der Waals surface area contributed by atoms with Crippen molar-refractivity contribution >= 4 is 5.97 Å². The standard InChI is InChI=1S/C11H8F2O3/c1-2-3-16-11-8(12)4-7(5-9(11)13)6-10(14)15/h1,4-5H,3,6H2,(H,14,15). The van der Waals surface area contributed by atoms with Crippen LogP contribution in [0.15, 0.2) is 12.1 Å². The summed E-state index contributed by atoms with van der Waals surface area (Å²) in [7, 11) is 0. The minimum Gasteiger partial charge on any atom is -0.481 e.